The highest BCUT2D eigenvalue weighted by atomic mass is 16.4. The molecule has 0 saturated heterocycles. The van der Waals surface area contributed by atoms with Gasteiger partial charge in [-0.05, 0) is 24.3 Å². The van der Waals surface area contributed by atoms with E-state index in [-0.39, 0.29) is 18.4 Å². The first-order chi connectivity index (χ1) is 12.2. The van der Waals surface area contributed by atoms with Gasteiger partial charge in [0.2, 0.25) is 0 Å². The molecular formula is C18H14O8-4. The van der Waals surface area contributed by atoms with Crippen LogP contribution in [0.25, 0.3) is 0 Å². The molecule has 0 heterocycles. The molecule has 3 aliphatic carbocycles. The van der Waals surface area contributed by atoms with Gasteiger partial charge in [-0.25, -0.2) is 0 Å². The number of aliphatic carboxylic acids is 4. The van der Waals surface area contributed by atoms with Crippen molar-refractivity contribution in [2.75, 3.05) is 0 Å². The zero-order valence-electron chi connectivity index (χ0n) is 13.5. The second-order valence-corrected chi connectivity index (χ2v) is 6.89. The summed E-state index contributed by atoms with van der Waals surface area (Å²) in [6.45, 7) is 0. The third-order valence-electron chi connectivity index (χ3n) is 6.01. The maximum absolute atomic E-state index is 11.9. The van der Waals surface area contributed by atoms with E-state index in [9.17, 15) is 39.6 Å². The predicted octanol–water partition coefficient (Wildman–Crippen LogP) is -4.19. The zero-order chi connectivity index (χ0) is 19.2. The summed E-state index contributed by atoms with van der Waals surface area (Å²) < 4.78 is 0. The van der Waals surface area contributed by atoms with Crippen molar-refractivity contribution >= 4 is 23.9 Å². The number of rotatable bonds is 5. The highest BCUT2D eigenvalue weighted by Gasteiger charge is 2.64. The van der Waals surface area contributed by atoms with Crippen molar-refractivity contribution in [1.29, 1.82) is 0 Å². The Kier molecular flexibility index (Phi) is 4.21. The van der Waals surface area contributed by atoms with Crippen LogP contribution in [0.4, 0.5) is 0 Å². The molecule has 3 fully saturated rings. The summed E-state index contributed by atoms with van der Waals surface area (Å²) in [4.78, 5) is 47.2. The van der Waals surface area contributed by atoms with Gasteiger partial charge in [0.1, 0.15) is 0 Å². The average Bonchev–Trinajstić information content (AvgIpc) is 2.60. The molecule has 0 amide bonds. The van der Waals surface area contributed by atoms with E-state index in [1.807, 2.05) is 0 Å². The van der Waals surface area contributed by atoms with Crippen molar-refractivity contribution in [2.45, 2.75) is 18.3 Å². The molecule has 2 unspecified atom stereocenters. The van der Waals surface area contributed by atoms with Crippen molar-refractivity contribution in [3.63, 3.8) is 0 Å². The summed E-state index contributed by atoms with van der Waals surface area (Å²) in [5.41, 5.74) is -1.58. The van der Waals surface area contributed by atoms with Crippen molar-refractivity contribution in [3.8, 4) is 0 Å². The van der Waals surface area contributed by atoms with Crippen LogP contribution in [0.5, 0.6) is 0 Å². The standard InChI is InChI=1S/C18H18O8/c19-14(20)10-9-6-7-18(12(10)16(23)24,8-4-2-1-3-5-8)13(17(25)26)11(9)15(21)22/h1-5,9-13H,6-7H2,(H,19,20)(H,21,22)(H,23,24)(H,25,26)/p-4/t9?,10-,11+,12+,13-,18?. The number of benzene rings is 1. The number of carbonyl (C=O) groups is 4. The van der Waals surface area contributed by atoms with Gasteiger partial charge >= 0.3 is 0 Å². The smallest absolute Gasteiger partial charge is 0.0461 e. The number of carbonyl (C=O) groups excluding carboxylic acids is 4. The quantitative estimate of drug-likeness (QED) is 0.512. The van der Waals surface area contributed by atoms with E-state index in [1.165, 1.54) is 24.3 Å². The molecule has 0 aromatic heterocycles. The van der Waals surface area contributed by atoms with Gasteiger partial charge in [-0.1, -0.05) is 30.3 Å². The monoisotopic (exact) mass is 358 g/mol. The third kappa shape index (κ3) is 2.28. The van der Waals surface area contributed by atoms with Crippen LogP contribution in [-0.2, 0) is 24.6 Å². The normalized spacial score (nSPS) is 35.6. The Morgan fingerprint density at radius 3 is 1.62 bits per heavy atom. The van der Waals surface area contributed by atoms with Crippen molar-refractivity contribution < 1.29 is 39.6 Å². The van der Waals surface area contributed by atoms with Crippen molar-refractivity contribution in [2.24, 2.45) is 29.6 Å². The number of hydrogen-bond donors (Lipinski definition) is 0. The molecule has 8 heteroatoms. The number of fused-ring (bicyclic) bond motifs is 3. The van der Waals surface area contributed by atoms with Gasteiger partial charge < -0.3 is 39.6 Å². The summed E-state index contributed by atoms with van der Waals surface area (Å²) in [7, 11) is 0. The fraction of sp³-hybridized carbons (Fsp3) is 0.444. The van der Waals surface area contributed by atoms with E-state index in [0.717, 1.165) is 0 Å². The number of carboxylic acids is 4. The summed E-state index contributed by atoms with van der Waals surface area (Å²) in [6, 6.07) is 7.59. The Hall–Kier alpha value is -2.90. The van der Waals surface area contributed by atoms with Crippen LogP contribution in [0.2, 0.25) is 0 Å². The lowest BCUT2D eigenvalue weighted by atomic mass is 9.41. The van der Waals surface area contributed by atoms with Gasteiger partial charge in [0.15, 0.2) is 0 Å². The first kappa shape index (κ1) is 17.9. The lowest BCUT2D eigenvalue weighted by Crippen LogP contribution is -2.72. The van der Waals surface area contributed by atoms with E-state index in [4.69, 9.17) is 0 Å². The predicted molar refractivity (Wildman–Crippen MR) is 74.8 cm³/mol. The van der Waals surface area contributed by atoms with Crippen LogP contribution >= 0.6 is 0 Å². The van der Waals surface area contributed by atoms with E-state index < -0.39 is 58.9 Å². The summed E-state index contributed by atoms with van der Waals surface area (Å²) >= 11 is 0. The Morgan fingerprint density at radius 1 is 0.769 bits per heavy atom. The van der Waals surface area contributed by atoms with Crippen LogP contribution in [-0.4, -0.2) is 23.9 Å². The maximum Gasteiger partial charge on any atom is 0.0461 e. The zero-order valence-corrected chi connectivity index (χ0v) is 13.5. The number of carboxylic acid groups (broad SMARTS) is 4. The third-order valence-corrected chi connectivity index (χ3v) is 6.01. The van der Waals surface area contributed by atoms with Gasteiger partial charge in [-0.3, -0.25) is 0 Å². The molecule has 3 aliphatic rings. The number of hydrogen-bond acceptors (Lipinski definition) is 8. The Morgan fingerprint density at radius 2 is 1.23 bits per heavy atom. The summed E-state index contributed by atoms with van der Waals surface area (Å²) in [5.74, 6) is -15.2. The molecule has 3 saturated carbocycles. The van der Waals surface area contributed by atoms with Crippen LogP contribution in [0.15, 0.2) is 30.3 Å². The minimum atomic E-state index is -1.80. The maximum atomic E-state index is 11.9. The van der Waals surface area contributed by atoms with Gasteiger partial charge in [-0.15, -0.1) is 0 Å². The van der Waals surface area contributed by atoms with E-state index in [1.54, 1.807) is 6.07 Å². The first-order valence-electron chi connectivity index (χ1n) is 8.12. The first-order valence-corrected chi connectivity index (χ1v) is 8.12. The van der Waals surface area contributed by atoms with Crippen molar-refractivity contribution in [3.05, 3.63) is 35.9 Å². The molecular weight excluding hydrogens is 344 g/mol. The second-order valence-electron chi connectivity index (χ2n) is 6.89. The molecule has 6 atom stereocenters. The Balaban J connectivity index is 2.34. The molecule has 2 bridgehead atoms. The van der Waals surface area contributed by atoms with E-state index >= 15 is 0 Å². The highest BCUT2D eigenvalue weighted by Crippen LogP contribution is 2.62. The summed E-state index contributed by atoms with van der Waals surface area (Å²) in [5, 5.41) is 47.2. The molecule has 0 N–H and O–H groups in total. The molecule has 1 aromatic rings. The summed E-state index contributed by atoms with van der Waals surface area (Å²) in [6.07, 6.45) is -0.00766. The minimum absolute atomic E-state index is 0.0136. The topological polar surface area (TPSA) is 161 Å². The lowest BCUT2D eigenvalue weighted by Gasteiger charge is -2.64. The molecule has 138 valence electrons. The molecule has 0 spiro atoms. The highest BCUT2D eigenvalue weighted by molar-refractivity contribution is 5.88. The Labute approximate surface area is 148 Å². The minimum Gasteiger partial charge on any atom is -0.550 e. The average molecular weight is 358 g/mol. The van der Waals surface area contributed by atoms with E-state index in [2.05, 4.69) is 0 Å². The van der Waals surface area contributed by atoms with Crippen LogP contribution in [0.3, 0.4) is 0 Å². The van der Waals surface area contributed by atoms with Gasteiger partial charge in [-0.2, -0.15) is 0 Å². The molecule has 0 radical (unpaired) electrons. The fourth-order valence-corrected chi connectivity index (χ4v) is 5.22. The van der Waals surface area contributed by atoms with Crippen molar-refractivity contribution in [1.82, 2.24) is 0 Å². The second kappa shape index (κ2) is 6.12. The largest absolute Gasteiger partial charge is 0.550 e. The van der Waals surface area contributed by atoms with Gasteiger partial charge in [0, 0.05) is 53.0 Å². The van der Waals surface area contributed by atoms with Gasteiger partial charge in [0.05, 0.1) is 0 Å². The fourth-order valence-electron chi connectivity index (χ4n) is 5.22. The van der Waals surface area contributed by atoms with E-state index in [0.29, 0.717) is 0 Å². The Bertz CT molecular complexity index is 731. The SMILES string of the molecule is O=C([O-])[C@@H]1C2CCC(c3ccccc3)([C@@H]1C(=O)[O-])[C@@H](C(=O)[O-])[C@H]2C(=O)[O-]. The van der Waals surface area contributed by atoms with Crippen LogP contribution < -0.4 is 20.4 Å². The molecule has 0 aliphatic heterocycles. The lowest BCUT2D eigenvalue weighted by molar-refractivity contribution is -0.356. The van der Waals surface area contributed by atoms with Gasteiger partial charge in [0.25, 0.3) is 0 Å². The molecule has 4 rings (SSSR count). The van der Waals surface area contributed by atoms with Crippen LogP contribution in [0, 0.1) is 29.6 Å². The molecule has 26 heavy (non-hydrogen) atoms. The molecule has 8 nitrogen and oxygen atoms in total. The molecule has 1 aromatic carbocycles. The van der Waals surface area contributed by atoms with Crippen LogP contribution in [0.1, 0.15) is 18.4 Å².